The van der Waals surface area contributed by atoms with Crippen LogP contribution in [0.15, 0.2) is 59.8 Å². The van der Waals surface area contributed by atoms with Gasteiger partial charge in [-0.1, -0.05) is 35.9 Å². The Bertz CT molecular complexity index is 943. The van der Waals surface area contributed by atoms with E-state index in [0.717, 1.165) is 22.0 Å². The molecule has 6 heteroatoms. The SMILES string of the molecule is Cc1cccc(C(=O)NCC(=O)N/N=C/c2c[nH]c3ccccc23)c1. The van der Waals surface area contributed by atoms with Crippen molar-refractivity contribution in [3.05, 3.63) is 71.4 Å². The minimum Gasteiger partial charge on any atom is -0.361 e. The number of aryl methyl sites for hydroxylation is 1. The summed E-state index contributed by atoms with van der Waals surface area (Å²) in [6, 6.07) is 15.0. The summed E-state index contributed by atoms with van der Waals surface area (Å²) in [7, 11) is 0. The Kier molecular flexibility index (Phi) is 4.89. The Morgan fingerprint density at radius 3 is 2.84 bits per heavy atom. The van der Waals surface area contributed by atoms with Crippen LogP contribution in [0.5, 0.6) is 0 Å². The summed E-state index contributed by atoms with van der Waals surface area (Å²) >= 11 is 0. The van der Waals surface area contributed by atoms with E-state index in [1.807, 2.05) is 43.5 Å². The van der Waals surface area contributed by atoms with Gasteiger partial charge in [-0.05, 0) is 25.1 Å². The monoisotopic (exact) mass is 334 g/mol. The lowest BCUT2D eigenvalue weighted by molar-refractivity contribution is -0.120. The second-order valence-corrected chi connectivity index (χ2v) is 5.63. The van der Waals surface area contributed by atoms with Crippen LogP contribution in [0, 0.1) is 6.92 Å². The predicted molar refractivity (Wildman–Crippen MR) is 97.5 cm³/mol. The van der Waals surface area contributed by atoms with E-state index in [0.29, 0.717) is 5.56 Å². The van der Waals surface area contributed by atoms with Gasteiger partial charge in [0.2, 0.25) is 0 Å². The molecule has 0 aliphatic heterocycles. The van der Waals surface area contributed by atoms with Crippen molar-refractivity contribution in [3.63, 3.8) is 0 Å². The van der Waals surface area contributed by atoms with Gasteiger partial charge in [0, 0.05) is 28.2 Å². The first kappa shape index (κ1) is 16.4. The van der Waals surface area contributed by atoms with Crippen LogP contribution in [0.25, 0.3) is 10.9 Å². The summed E-state index contributed by atoms with van der Waals surface area (Å²) in [4.78, 5) is 26.9. The lowest BCUT2D eigenvalue weighted by atomic mass is 10.1. The van der Waals surface area contributed by atoms with Crippen LogP contribution in [-0.4, -0.2) is 29.6 Å². The first-order valence-corrected chi connectivity index (χ1v) is 7.86. The fourth-order valence-electron chi connectivity index (χ4n) is 2.46. The molecule has 1 heterocycles. The largest absolute Gasteiger partial charge is 0.361 e. The van der Waals surface area contributed by atoms with Gasteiger partial charge in [0.15, 0.2) is 0 Å². The highest BCUT2D eigenvalue weighted by atomic mass is 16.2. The molecule has 3 N–H and O–H groups in total. The maximum atomic E-state index is 12.0. The van der Waals surface area contributed by atoms with E-state index in [9.17, 15) is 9.59 Å². The molecule has 0 atom stereocenters. The highest BCUT2D eigenvalue weighted by Crippen LogP contribution is 2.15. The minimum absolute atomic E-state index is 0.141. The number of carbonyl (C=O) groups is 2. The van der Waals surface area contributed by atoms with Gasteiger partial charge in [0.05, 0.1) is 12.8 Å². The number of nitrogens with zero attached hydrogens (tertiary/aromatic N) is 1. The van der Waals surface area contributed by atoms with Crippen LogP contribution in [0.1, 0.15) is 21.5 Å². The molecule has 1 aromatic heterocycles. The molecule has 0 spiro atoms. The van der Waals surface area contributed by atoms with Crippen LogP contribution in [0.2, 0.25) is 0 Å². The molecule has 126 valence electrons. The molecule has 0 bridgehead atoms. The van der Waals surface area contributed by atoms with E-state index in [1.54, 1.807) is 24.4 Å². The molecule has 0 fully saturated rings. The zero-order valence-electron chi connectivity index (χ0n) is 13.7. The van der Waals surface area contributed by atoms with Crippen LogP contribution in [0.4, 0.5) is 0 Å². The Morgan fingerprint density at radius 1 is 1.16 bits per heavy atom. The highest BCUT2D eigenvalue weighted by Gasteiger charge is 2.07. The molecule has 0 aliphatic carbocycles. The van der Waals surface area contributed by atoms with Gasteiger partial charge < -0.3 is 10.3 Å². The number of rotatable bonds is 5. The maximum absolute atomic E-state index is 12.0. The van der Waals surface area contributed by atoms with Crippen molar-refractivity contribution >= 4 is 28.9 Å². The van der Waals surface area contributed by atoms with Gasteiger partial charge in [-0.3, -0.25) is 9.59 Å². The van der Waals surface area contributed by atoms with E-state index in [1.165, 1.54) is 0 Å². The zero-order valence-corrected chi connectivity index (χ0v) is 13.7. The quantitative estimate of drug-likeness (QED) is 0.494. The van der Waals surface area contributed by atoms with E-state index in [2.05, 4.69) is 20.8 Å². The molecular formula is C19H18N4O2. The molecule has 2 aromatic carbocycles. The van der Waals surface area contributed by atoms with Crippen molar-refractivity contribution in [3.8, 4) is 0 Å². The van der Waals surface area contributed by atoms with Gasteiger partial charge >= 0.3 is 0 Å². The Labute approximate surface area is 144 Å². The molecule has 0 unspecified atom stereocenters. The van der Waals surface area contributed by atoms with E-state index in [4.69, 9.17) is 0 Å². The van der Waals surface area contributed by atoms with Crippen LogP contribution in [-0.2, 0) is 4.79 Å². The van der Waals surface area contributed by atoms with Gasteiger partial charge in [0.1, 0.15) is 0 Å². The summed E-state index contributed by atoms with van der Waals surface area (Å²) in [5.74, 6) is -0.684. The average molecular weight is 334 g/mol. The third kappa shape index (κ3) is 4.11. The molecule has 6 nitrogen and oxygen atoms in total. The topological polar surface area (TPSA) is 86.3 Å². The molecule has 0 saturated carbocycles. The fourth-order valence-corrected chi connectivity index (χ4v) is 2.46. The maximum Gasteiger partial charge on any atom is 0.259 e. The zero-order chi connectivity index (χ0) is 17.6. The number of carbonyl (C=O) groups excluding carboxylic acids is 2. The first-order chi connectivity index (χ1) is 12.1. The lowest BCUT2D eigenvalue weighted by Gasteiger charge is -2.04. The summed E-state index contributed by atoms with van der Waals surface area (Å²) in [6.07, 6.45) is 3.39. The standard InChI is InChI=1S/C19H18N4O2/c1-13-5-4-6-14(9-13)19(25)21-12-18(24)23-22-11-15-10-20-17-8-3-2-7-16(15)17/h2-11,20H,12H2,1H3,(H,21,25)(H,23,24)/b22-11+. The van der Waals surface area contributed by atoms with E-state index >= 15 is 0 Å². The van der Waals surface area contributed by atoms with Crippen LogP contribution < -0.4 is 10.7 Å². The highest BCUT2D eigenvalue weighted by molar-refractivity contribution is 5.99. The van der Waals surface area contributed by atoms with E-state index < -0.39 is 5.91 Å². The van der Waals surface area contributed by atoms with Gasteiger partial charge in [-0.15, -0.1) is 0 Å². The number of para-hydroxylation sites is 1. The van der Waals surface area contributed by atoms with Gasteiger partial charge in [-0.25, -0.2) is 5.43 Å². The molecule has 25 heavy (non-hydrogen) atoms. The third-order valence-corrected chi connectivity index (χ3v) is 3.70. The third-order valence-electron chi connectivity index (χ3n) is 3.70. The number of fused-ring (bicyclic) bond motifs is 1. The number of hydrogen-bond acceptors (Lipinski definition) is 3. The van der Waals surface area contributed by atoms with Crippen molar-refractivity contribution in [2.45, 2.75) is 6.92 Å². The molecule has 3 rings (SSSR count). The van der Waals surface area contributed by atoms with Crippen molar-refractivity contribution in [2.24, 2.45) is 5.10 Å². The smallest absolute Gasteiger partial charge is 0.259 e. The molecular weight excluding hydrogens is 316 g/mol. The van der Waals surface area contributed by atoms with Gasteiger partial charge in [0.25, 0.3) is 11.8 Å². The number of amides is 2. The number of aromatic nitrogens is 1. The number of hydrogen-bond donors (Lipinski definition) is 3. The minimum atomic E-state index is -0.392. The van der Waals surface area contributed by atoms with Crippen molar-refractivity contribution in [1.29, 1.82) is 0 Å². The van der Waals surface area contributed by atoms with Crippen LogP contribution in [0.3, 0.4) is 0 Å². The average Bonchev–Trinajstić information content (AvgIpc) is 3.03. The van der Waals surface area contributed by atoms with Crippen molar-refractivity contribution in [2.75, 3.05) is 6.54 Å². The van der Waals surface area contributed by atoms with Crippen molar-refractivity contribution in [1.82, 2.24) is 15.7 Å². The lowest BCUT2D eigenvalue weighted by Crippen LogP contribution is -2.34. The predicted octanol–water partition coefficient (Wildman–Crippen LogP) is 2.36. The normalized spacial score (nSPS) is 10.9. The first-order valence-electron chi connectivity index (χ1n) is 7.86. The Balaban J connectivity index is 1.52. The van der Waals surface area contributed by atoms with Crippen molar-refractivity contribution < 1.29 is 9.59 Å². The van der Waals surface area contributed by atoms with Crippen LogP contribution >= 0.6 is 0 Å². The number of aromatic amines is 1. The fraction of sp³-hybridized carbons (Fsp3) is 0.105. The molecule has 0 aliphatic rings. The number of benzene rings is 2. The second-order valence-electron chi connectivity index (χ2n) is 5.63. The molecule has 3 aromatic rings. The summed E-state index contributed by atoms with van der Waals surface area (Å²) in [6.45, 7) is 1.76. The molecule has 0 radical (unpaired) electrons. The Morgan fingerprint density at radius 2 is 2.00 bits per heavy atom. The Hall–Kier alpha value is -3.41. The summed E-state index contributed by atoms with van der Waals surface area (Å²) in [5.41, 5.74) is 5.79. The second kappa shape index (κ2) is 7.44. The summed E-state index contributed by atoms with van der Waals surface area (Å²) in [5, 5.41) is 7.52. The molecule has 2 amide bonds. The number of nitrogens with one attached hydrogen (secondary N) is 3. The van der Waals surface area contributed by atoms with Gasteiger partial charge in [-0.2, -0.15) is 5.10 Å². The van der Waals surface area contributed by atoms with E-state index in [-0.39, 0.29) is 12.5 Å². The number of H-pyrrole nitrogens is 1. The summed E-state index contributed by atoms with van der Waals surface area (Å²) < 4.78 is 0. The number of hydrazone groups is 1. The molecule has 0 saturated heterocycles.